The highest BCUT2D eigenvalue weighted by molar-refractivity contribution is 5.79. The van der Waals surface area contributed by atoms with Crippen molar-refractivity contribution in [1.29, 1.82) is 0 Å². The van der Waals surface area contributed by atoms with Gasteiger partial charge in [-0.2, -0.15) is 0 Å². The molecule has 10 heteroatoms. The van der Waals surface area contributed by atoms with Crippen LogP contribution in [-0.4, -0.2) is 38.2 Å². The molecule has 1 aromatic carbocycles. The number of rotatable bonds is 7. The van der Waals surface area contributed by atoms with Crippen molar-refractivity contribution < 1.29 is 24.9 Å². The third-order valence-corrected chi connectivity index (χ3v) is 3.25. The van der Waals surface area contributed by atoms with E-state index in [4.69, 9.17) is 0 Å². The van der Waals surface area contributed by atoms with E-state index in [1.54, 1.807) is 0 Å². The average Bonchev–Trinajstić information content (AvgIpc) is 2.43. The second-order valence-corrected chi connectivity index (χ2v) is 4.78. The Hall–Kier alpha value is -2.75. The summed E-state index contributed by atoms with van der Waals surface area (Å²) in [7, 11) is 0. The van der Waals surface area contributed by atoms with Crippen LogP contribution in [0.25, 0.3) is 0 Å². The van der Waals surface area contributed by atoms with Crippen LogP contribution in [0.4, 0.5) is 17.1 Å². The van der Waals surface area contributed by atoms with E-state index in [1.165, 1.54) is 13.8 Å². The summed E-state index contributed by atoms with van der Waals surface area (Å²) in [5.74, 6) is -2.05. The van der Waals surface area contributed by atoms with Crippen LogP contribution in [0.3, 0.4) is 0 Å². The third-order valence-electron chi connectivity index (χ3n) is 3.25. The molecule has 0 saturated carbocycles. The fourth-order valence-electron chi connectivity index (χ4n) is 1.77. The lowest BCUT2D eigenvalue weighted by Gasteiger charge is -2.24. The van der Waals surface area contributed by atoms with Crippen molar-refractivity contribution in [3.63, 3.8) is 0 Å². The topological polar surface area (TPSA) is 156 Å². The predicted octanol–water partition coefficient (Wildman–Crippen LogP) is 1.38. The van der Waals surface area contributed by atoms with Crippen LogP contribution in [0.2, 0.25) is 0 Å². The number of hydrogen-bond acceptors (Lipinski definition) is 7. The Kier molecular flexibility index (Phi) is 5.35. The van der Waals surface area contributed by atoms with Gasteiger partial charge < -0.3 is 15.5 Å². The van der Waals surface area contributed by atoms with Gasteiger partial charge in [-0.15, -0.1) is 0 Å². The van der Waals surface area contributed by atoms with Gasteiger partial charge in [-0.25, -0.2) is 4.79 Å². The van der Waals surface area contributed by atoms with E-state index < -0.39 is 45.3 Å². The Balaban J connectivity index is 3.22. The van der Waals surface area contributed by atoms with Gasteiger partial charge in [0.25, 0.3) is 11.4 Å². The number of aliphatic carboxylic acids is 1. The van der Waals surface area contributed by atoms with Crippen LogP contribution < -0.4 is 5.32 Å². The normalized spacial score (nSPS) is 14.7. The highest BCUT2D eigenvalue weighted by Gasteiger charge is 2.30. The molecule has 0 aliphatic rings. The maximum Gasteiger partial charge on any atom is 0.326 e. The van der Waals surface area contributed by atoms with Crippen LogP contribution >= 0.6 is 0 Å². The highest BCUT2D eigenvalue weighted by Crippen LogP contribution is 2.30. The molecule has 0 aromatic heterocycles. The van der Waals surface area contributed by atoms with Gasteiger partial charge >= 0.3 is 5.97 Å². The van der Waals surface area contributed by atoms with Crippen molar-refractivity contribution >= 4 is 23.0 Å². The molecule has 0 fully saturated rings. The first-order valence-corrected chi connectivity index (χ1v) is 6.25. The highest BCUT2D eigenvalue weighted by atomic mass is 16.6. The summed E-state index contributed by atoms with van der Waals surface area (Å²) in [4.78, 5) is 31.3. The minimum Gasteiger partial charge on any atom is -0.480 e. The number of carboxylic acids is 1. The zero-order valence-corrected chi connectivity index (χ0v) is 11.8. The van der Waals surface area contributed by atoms with Gasteiger partial charge in [0.05, 0.1) is 22.0 Å². The third kappa shape index (κ3) is 3.88. The molecule has 3 N–H and O–H groups in total. The summed E-state index contributed by atoms with van der Waals surface area (Å²) in [6, 6.07) is 1.55. The summed E-state index contributed by atoms with van der Waals surface area (Å²) in [5, 5.41) is 42.8. The smallest absolute Gasteiger partial charge is 0.326 e. The second kappa shape index (κ2) is 6.80. The Morgan fingerprint density at radius 3 is 2.23 bits per heavy atom. The van der Waals surface area contributed by atoms with Crippen molar-refractivity contribution in [1.82, 2.24) is 0 Å². The maximum atomic E-state index is 11.3. The number of anilines is 1. The SMILES string of the molecule is CC(O)[C@H](C)[C@H](Nc1ccc([N+](=O)[O-])cc1[N+](=O)[O-])C(=O)O. The molecule has 1 aromatic rings. The summed E-state index contributed by atoms with van der Waals surface area (Å²) in [5.41, 5.74) is -1.26. The van der Waals surface area contributed by atoms with Gasteiger partial charge in [0.1, 0.15) is 11.7 Å². The lowest BCUT2D eigenvalue weighted by atomic mass is 9.96. The molecule has 0 aliphatic heterocycles. The molecule has 1 unspecified atom stereocenters. The molecule has 10 nitrogen and oxygen atoms in total. The van der Waals surface area contributed by atoms with Gasteiger partial charge in [0.2, 0.25) is 0 Å². The molecule has 0 saturated heterocycles. The number of nitro benzene ring substituents is 2. The van der Waals surface area contributed by atoms with Crippen molar-refractivity contribution in [2.45, 2.75) is 26.0 Å². The van der Waals surface area contributed by atoms with Crippen LogP contribution in [0.1, 0.15) is 13.8 Å². The number of non-ortho nitro benzene ring substituents is 1. The van der Waals surface area contributed by atoms with Crippen LogP contribution in [0.5, 0.6) is 0 Å². The molecule has 120 valence electrons. The standard InChI is InChI=1S/C12H15N3O7/c1-6(7(2)16)11(12(17)18)13-9-4-3-8(14(19)20)5-10(9)15(21)22/h3-7,11,13,16H,1-2H3,(H,17,18)/t6-,7?,11-/m0/s1. The molecule has 0 heterocycles. The second-order valence-electron chi connectivity index (χ2n) is 4.78. The Labute approximate surface area is 124 Å². The number of nitro groups is 2. The lowest BCUT2D eigenvalue weighted by molar-refractivity contribution is -0.393. The molecule has 0 aliphatic carbocycles. The quantitative estimate of drug-likeness (QED) is 0.503. The Morgan fingerprint density at radius 1 is 1.23 bits per heavy atom. The molecule has 0 radical (unpaired) electrons. The van der Waals surface area contributed by atoms with E-state index in [-0.39, 0.29) is 5.69 Å². The fourth-order valence-corrected chi connectivity index (χ4v) is 1.77. The fraction of sp³-hybridized carbons (Fsp3) is 0.417. The molecular weight excluding hydrogens is 298 g/mol. The predicted molar refractivity (Wildman–Crippen MR) is 75.6 cm³/mol. The monoisotopic (exact) mass is 313 g/mol. The minimum atomic E-state index is -1.30. The van der Waals surface area contributed by atoms with Gasteiger partial charge in [0, 0.05) is 12.0 Å². The van der Waals surface area contributed by atoms with E-state index >= 15 is 0 Å². The molecule has 3 atom stereocenters. The van der Waals surface area contributed by atoms with Crippen molar-refractivity contribution in [2.24, 2.45) is 5.92 Å². The zero-order valence-electron chi connectivity index (χ0n) is 11.8. The molecule has 1 rings (SSSR count). The van der Waals surface area contributed by atoms with Crippen molar-refractivity contribution in [2.75, 3.05) is 5.32 Å². The molecule has 0 amide bonds. The molecular formula is C12H15N3O7. The number of carbonyl (C=O) groups is 1. The van der Waals surface area contributed by atoms with E-state index in [2.05, 4.69) is 5.32 Å². The molecule has 22 heavy (non-hydrogen) atoms. The van der Waals surface area contributed by atoms with Gasteiger partial charge in [-0.05, 0) is 13.0 Å². The Bertz CT molecular complexity index is 602. The van der Waals surface area contributed by atoms with E-state index in [0.29, 0.717) is 0 Å². The number of nitrogens with zero attached hydrogens (tertiary/aromatic N) is 2. The van der Waals surface area contributed by atoms with Crippen LogP contribution in [0.15, 0.2) is 18.2 Å². The van der Waals surface area contributed by atoms with Gasteiger partial charge in [0.15, 0.2) is 0 Å². The number of carboxylic acid groups (broad SMARTS) is 1. The van der Waals surface area contributed by atoms with E-state index in [0.717, 1.165) is 18.2 Å². The summed E-state index contributed by atoms with van der Waals surface area (Å²) in [6.07, 6.45) is -0.967. The van der Waals surface area contributed by atoms with Crippen molar-refractivity contribution in [3.8, 4) is 0 Å². The summed E-state index contributed by atoms with van der Waals surface area (Å²) >= 11 is 0. The first-order chi connectivity index (χ1) is 10.1. The lowest BCUT2D eigenvalue weighted by Crippen LogP contribution is -2.40. The first kappa shape index (κ1) is 17.3. The number of hydrogen-bond donors (Lipinski definition) is 3. The van der Waals surface area contributed by atoms with Crippen molar-refractivity contribution in [3.05, 3.63) is 38.4 Å². The zero-order chi connectivity index (χ0) is 17.0. The maximum absolute atomic E-state index is 11.3. The van der Waals surface area contributed by atoms with E-state index in [1.807, 2.05) is 0 Å². The van der Waals surface area contributed by atoms with Crippen LogP contribution in [0, 0.1) is 26.1 Å². The summed E-state index contributed by atoms with van der Waals surface area (Å²) < 4.78 is 0. The summed E-state index contributed by atoms with van der Waals surface area (Å²) in [6.45, 7) is 2.86. The molecule has 0 spiro atoms. The first-order valence-electron chi connectivity index (χ1n) is 6.25. The molecule has 0 bridgehead atoms. The van der Waals surface area contributed by atoms with Crippen LogP contribution in [-0.2, 0) is 4.79 Å². The minimum absolute atomic E-state index is 0.171. The Morgan fingerprint density at radius 2 is 1.82 bits per heavy atom. The number of aliphatic hydroxyl groups excluding tert-OH is 1. The number of nitrogens with one attached hydrogen (secondary N) is 1. The largest absolute Gasteiger partial charge is 0.480 e. The van der Waals surface area contributed by atoms with Gasteiger partial charge in [-0.1, -0.05) is 6.92 Å². The average molecular weight is 313 g/mol. The number of aliphatic hydroxyl groups is 1. The van der Waals surface area contributed by atoms with Gasteiger partial charge in [-0.3, -0.25) is 20.2 Å². The van der Waals surface area contributed by atoms with E-state index in [9.17, 15) is 35.2 Å². The number of benzene rings is 1.